The minimum atomic E-state index is -3.96. The number of benzene rings is 1. The Labute approximate surface area is 194 Å². The Hall–Kier alpha value is -2.55. The maximum atomic E-state index is 13.9. The summed E-state index contributed by atoms with van der Waals surface area (Å²) in [6, 6.07) is 5.16. The van der Waals surface area contributed by atoms with Gasteiger partial charge in [0, 0.05) is 56.5 Å². The molecule has 1 aliphatic heterocycles. The van der Waals surface area contributed by atoms with Crippen LogP contribution in [0.15, 0.2) is 29.4 Å². The lowest BCUT2D eigenvalue weighted by atomic mass is 10.2. The van der Waals surface area contributed by atoms with E-state index in [0.717, 1.165) is 17.8 Å². The number of amides is 1. The number of rotatable bonds is 9. The molecule has 1 fully saturated rings. The Morgan fingerprint density at radius 3 is 2.64 bits per heavy atom. The van der Waals surface area contributed by atoms with Crippen LogP contribution in [0.3, 0.4) is 0 Å². The van der Waals surface area contributed by atoms with Crippen molar-refractivity contribution in [2.45, 2.75) is 17.3 Å². The molecule has 2 heterocycles. The first-order valence-corrected chi connectivity index (χ1v) is 12.4. The largest absolute Gasteiger partial charge is 0.481 e. The highest BCUT2D eigenvalue weighted by Crippen LogP contribution is 2.26. The molecule has 3 rings (SSSR count). The highest BCUT2D eigenvalue weighted by Gasteiger charge is 2.29. The second-order valence-corrected chi connectivity index (χ2v) is 9.62. The summed E-state index contributed by atoms with van der Waals surface area (Å²) in [5.74, 6) is -1.94. The van der Waals surface area contributed by atoms with Gasteiger partial charge in [0.1, 0.15) is 5.82 Å². The number of anilines is 1. The van der Waals surface area contributed by atoms with Crippen molar-refractivity contribution in [1.82, 2.24) is 19.2 Å². The number of nitrogens with one attached hydrogen (secondary N) is 1. The van der Waals surface area contributed by atoms with Crippen LogP contribution >= 0.6 is 11.8 Å². The van der Waals surface area contributed by atoms with E-state index in [0.29, 0.717) is 0 Å². The monoisotopic (exact) mass is 502 g/mol. The molecule has 1 aliphatic rings. The van der Waals surface area contributed by atoms with Crippen LogP contribution in [-0.2, 0) is 20.8 Å². The molecule has 0 bridgehead atoms. The van der Waals surface area contributed by atoms with E-state index in [4.69, 9.17) is 10.5 Å². The fourth-order valence-corrected chi connectivity index (χ4v) is 5.05. The average molecular weight is 503 g/mol. The van der Waals surface area contributed by atoms with Crippen LogP contribution in [0.4, 0.5) is 14.6 Å². The van der Waals surface area contributed by atoms with Crippen molar-refractivity contribution in [3.05, 3.63) is 41.5 Å². The highest BCUT2D eigenvalue weighted by atomic mass is 32.2. The van der Waals surface area contributed by atoms with Crippen molar-refractivity contribution in [3.63, 3.8) is 0 Å². The zero-order chi connectivity index (χ0) is 24.0. The molecule has 10 nitrogen and oxygen atoms in total. The molecule has 0 atom stereocenters. The predicted octanol–water partition coefficient (Wildman–Crippen LogP) is 1.21. The van der Waals surface area contributed by atoms with E-state index in [9.17, 15) is 22.0 Å². The summed E-state index contributed by atoms with van der Waals surface area (Å²) in [7, 11) is -2.60. The first kappa shape index (κ1) is 25.1. The van der Waals surface area contributed by atoms with E-state index in [1.54, 1.807) is 4.90 Å². The summed E-state index contributed by atoms with van der Waals surface area (Å²) >= 11 is 0.998. The van der Waals surface area contributed by atoms with Crippen LogP contribution in [0.2, 0.25) is 0 Å². The number of carbonyl (C=O) groups excluding carboxylic acids is 1. The van der Waals surface area contributed by atoms with Gasteiger partial charge in [-0.1, -0.05) is 23.9 Å². The number of nitrogens with zero attached hydrogens (tertiary/aromatic N) is 4. The first-order chi connectivity index (χ1) is 15.7. The maximum absolute atomic E-state index is 13.9. The molecule has 1 aromatic carbocycles. The number of nitrogens with two attached hydrogens (primary N) is 1. The van der Waals surface area contributed by atoms with Gasteiger partial charge in [-0.2, -0.15) is 17.7 Å². The van der Waals surface area contributed by atoms with Crippen LogP contribution in [-0.4, -0.2) is 73.3 Å². The van der Waals surface area contributed by atoms with Crippen molar-refractivity contribution in [2.24, 2.45) is 5.73 Å². The molecular weight excluding hydrogens is 478 g/mol. The molecule has 0 radical (unpaired) electrons. The molecule has 0 saturated carbocycles. The molecule has 2 aromatic rings. The molecule has 3 N–H and O–H groups in total. The van der Waals surface area contributed by atoms with Gasteiger partial charge in [0.25, 0.3) is 0 Å². The van der Waals surface area contributed by atoms with E-state index >= 15 is 0 Å². The predicted molar refractivity (Wildman–Crippen MR) is 119 cm³/mol. The Bertz CT molecular complexity index is 1100. The Morgan fingerprint density at radius 2 is 1.97 bits per heavy atom. The van der Waals surface area contributed by atoms with E-state index in [1.807, 2.05) is 0 Å². The van der Waals surface area contributed by atoms with Gasteiger partial charge < -0.3 is 15.4 Å². The zero-order valence-corrected chi connectivity index (χ0v) is 19.5. The third-order valence-electron chi connectivity index (χ3n) is 4.80. The van der Waals surface area contributed by atoms with Crippen LogP contribution in [0, 0.1) is 11.6 Å². The first-order valence-electron chi connectivity index (χ1n) is 9.98. The lowest BCUT2D eigenvalue weighted by Crippen LogP contribution is -2.52. The smallest absolute Gasteiger partial charge is 0.302 e. The number of ether oxygens (including phenoxy) is 1. The van der Waals surface area contributed by atoms with Crippen molar-refractivity contribution in [3.8, 4) is 5.88 Å². The van der Waals surface area contributed by atoms with Gasteiger partial charge in [-0.05, 0) is 6.07 Å². The normalized spacial score (nSPS) is 14.8. The second-order valence-electron chi connectivity index (χ2n) is 7.01. The van der Waals surface area contributed by atoms with Crippen molar-refractivity contribution >= 4 is 33.7 Å². The molecule has 0 unspecified atom stereocenters. The summed E-state index contributed by atoms with van der Waals surface area (Å²) in [5, 5.41) is 0.118. The van der Waals surface area contributed by atoms with Gasteiger partial charge >= 0.3 is 10.2 Å². The van der Waals surface area contributed by atoms with Crippen molar-refractivity contribution in [2.75, 3.05) is 44.6 Å². The van der Waals surface area contributed by atoms with Gasteiger partial charge in [-0.25, -0.2) is 13.8 Å². The number of piperazine rings is 1. The summed E-state index contributed by atoms with van der Waals surface area (Å²) < 4.78 is 61.7. The Balaban J connectivity index is 1.68. The van der Waals surface area contributed by atoms with Crippen LogP contribution in [0.5, 0.6) is 5.88 Å². The molecule has 180 valence electrons. The number of aromatic nitrogens is 2. The van der Waals surface area contributed by atoms with Crippen LogP contribution in [0.1, 0.15) is 12.0 Å². The number of hydrogen-bond donors (Lipinski definition) is 2. The Kier molecular flexibility index (Phi) is 8.40. The molecule has 0 aliphatic carbocycles. The summed E-state index contributed by atoms with van der Waals surface area (Å²) in [6.45, 7) is 0.990. The van der Waals surface area contributed by atoms with Crippen LogP contribution in [0.25, 0.3) is 0 Å². The quantitative estimate of drug-likeness (QED) is 0.387. The second kappa shape index (κ2) is 11.0. The summed E-state index contributed by atoms with van der Waals surface area (Å²) in [6.07, 6.45) is 0.214. The molecule has 1 aromatic heterocycles. The van der Waals surface area contributed by atoms with Crippen molar-refractivity contribution < 1.29 is 26.7 Å². The zero-order valence-electron chi connectivity index (χ0n) is 17.8. The molecule has 1 saturated heterocycles. The number of halogens is 2. The Morgan fingerprint density at radius 1 is 1.24 bits per heavy atom. The van der Waals surface area contributed by atoms with Gasteiger partial charge in [0.05, 0.1) is 7.11 Å². The van der Waals surface area contributed by atoms with Gasteiger partial charge in [-0.3, -0.25) is 9.52 Å². The van der Waals surface area contributed by atoms with Gasteiger partial charge in [0.15, 0.2) is 16.8 Å². The third kappa shape index (κ3) is 6.50. The number of carbonyl (C=O) groups is 1. The molecule has 0 spiro atoms. The summed E-state index contributed by atoms with van der Waals surface area (Å²) in [5.41, 5.74) is 5.52. The fourth-order valence-electron chi connectivity index (χ4n) is 3.08. The van der Waals surface area contributed by atoms with Crippen molar-refractivity contribution in [1.29, 1.82) is 0 Å². The summed E-state index contributed by atoms with van der Waals surface area (Å²) in [4.78, 5) is 21.8. The standard InChI is InChI=1S/C19H24F2N6O4S2/c1-31-16-11-15(23-19(24-16)32-12-13-3-2-4-14(20)18(13)21)25-33(29,30)27-9-7-26(8-10-27)17(28)5-6-22/h2-4,11H,5-10,12,22H2,1H3,(H,23,24,25). The minimum absolute atomic E-state index is 0.0295. The molecule has 33 heavy (non-hydrogen) atoms. The molecule has 14 heteroatoms. The molecule has 1 amide bonds. The topological polar surface area (TPSA) is 131 Å². The third-order valence-corrected chi connectivity index (χ3v) is 7.21. The van der Waals surface area contributed by atoms with E-state index < -0.39 is 21.8 Å². The van der Waals surface area contributed by atoms with Gasteiger partial charge in [0.2, 0.25) is 11.8 Å². The lowest BCUT2D eigenvalue weighted by Gasteiger charge is -2.33. The van der Waals surface area contributed by atoms with E-state index in [1.165, 1.54) is 29.6 Å². The van der Waals surface area contributed by atoms with E-state index in [-0.39, 0.29) is 73.2 Å². The van der Waals surface area contributed by atoms with E-state index in [2.05, 4.69) is 14.7 Å². The number of hydrogen-bond acceptors (Lipinski definition) is 8. The highest BCUT2D eigenvalue weighted by molar-refractivity contribution is 7.98. The average Bonchev–Trinajstić information content (AvgIpc) is 2.80. The minimum Gasteiger partial charge on any atom is -0.481 e. The number of thioether (sulfide) groups is 1. The SMILES string of the molecule is COc1cc(NS(=O)(=O)N2CCN(C(=O)CCN)CC2)nc(SCc2cccc(F)c2F)n1. The number of methoxy groups -OCH3 is 1. The maximum Gasteiger partial charge on any atom is 0.302 e. The van der Waals surface area contributed by atoms with Crippen LogP contribution < -0.4 is 15.2 Å². The fraction of sp³-hybridized carbons (Fsp3) is 0.421. The molecular formula is C19H24F2N6O4S2. The lowest BCUT2D eigenvalue weighted by molar-refractivity contribution is -0.132. The van der Waals surface area contributed by atoms with Gasteiger partial charge in [-0.15, -0.1) is 0 Å².